The second-order valence-electron chi connectivity index (χ2n) is 5.22. The average Bonchev–Trinajstić information content (AvgIpc) is 2.48. The van der Waals surface area contributed by atoms with Crippen LogP contribution in [0.4, 0.5) is 5.69 Å². The van der Waals surface area contributed by atoms with E-state index in [4.69, 9.17) is 0 Å². The lowest BCUT2D eigenvalue weighted by Crippen LogP contribution is -2.43. The SMILES string of the molecule is CCCCCC(=O)NC(CCC)C(=O)Nc1ccccc1. The zero-order valence-corrected chi connectivity index (χ0v) is 13.0. The Balaban J connectivity index is 2.51. The molecule has 116 valence electrons. The Morgan fingerprint density at radius 3 is 2.38 bits per heavy atom. The molecule has 0 aromatic heterocycles. The topological polar surface area (TPSA) is 58.2 Å². The molecule has 4 heteroatoms. The Bertz CT molecular complexity index is 432. The van der Waals surface area contributed by atoms with E-state index in [2.05, 4.69) is 17.6 Å². The van der Waals surface area contributed by atoms with Crippen LogP contribution in [0.3, 0.4) is 0 Å². The summed E-state index contributed by atoms with van der Waals surface area (Å²) < 4.78 is 0. The first-order valence-corrected chi connectivity index (χ1v) is 7.82. The first-order chi connectivity index (χ1) is 10.2. The molecule has 2 amide bonds. The zero-order chi connectivity index (χ0) is 15.5. The van der Waals surface area contributed by atoms with Crippen LogP contribution < -0.4 is 10.6 Å². The monoisotopic (exact) mass is 290 g/mol. The first kappa shape index (κ1) is 17.2. The summed E-state index contributed by atoms with van der Waals surface area (Å²) >= 11 is 0. The van der Waals surface area contributed by atoms with Gasteiger partial charge >= 0.3 is 0 Å². The third-order valence-corrected chi connectivity index (χ3v) is 3.28. The van der Waals surface area contributed by atoms with Gasteiger partial charge in [0.1, 0.15) is 6.04 Å². The van der Waals surface area contributed by atoms with Gasteiger partial charge in [-0.2, -0.15) is 0 Å². The van der Waals surface area contributed by atoms with E-state index >= 15 is 0 Å². The standard InChI is InChI=1S/C17H26N2O2/c1-3-5-7-13-16(20)19-15(10-4-2)17(21)18-14-11-8-6-9-12-14/h6,8-9,11-12,15H,3-5,7,10,13H2,1-2H3,(H,18,21)(H,19,20). The predicted molar refractivity (Wildman–Crippen MR) is 86.1 cm³/mol. The summed E-state index contributed by atoms with van der Waals surface area (Å²) in [6.07, 6.45) is 5.00. The molecule has 1 rings (SSSR count). The number of amides is 2. The number of carbonyl (C=O) groups is 2. The van der Waals surface area contributed by atoms with Gasteiger partial charge < -0.3 is 10.6 Å². The number of nitrogens with one attached hydrogen (secondary N) is 2. The number of unbranched alkanes of at least 4 members (excludes halogenated alkanes) is 2. The zero-order valence-electron chi connectivity index (χ0n) is 13.0. The molecule has 0 saturated carbocycles. The summed E-state index contributed by atoms with van der Waals surface area (Å²) in [6, 6.07) is 8.86. The molecular formula is C17H26N2O2. The van der Waals surface area contributed by atoms with Crippen molar-refractivity contribution in [2.24, 2.45) is 0 Å². The van der Waals surface area contributed by atoms with Gasteiger partial charge in [-0.3, -0.25) is 9.59 Å². The fourth-order valence-electron chi connectivity index (χ4n) is 2.11. The van der Waals surface area contributed by atoms with Crippen LogP contribution >= 0.6 is 0 Å². The van der Waals surface area contributed by atoms with Crippen LogP contribution in [-0.2, 0) is 9.59 Å². The highest BCUT2D eigenvalue weighted by Crippen LogP contribution is 2.08. The summed E-state index contributed by atoms with van der Waals surface area (Å²) in [5, 5.41) is 5.69. The van der Waals surface area contributed by atoms with Gasteiger partial charge in [0.05, 0.1) is 0 Å². The lowest BCUT2D eigenvalue weighted by Gasteiger charge is -2.18. The molecule has 0 heterocycles. The van der Waals surface area contributed by atoms with Crippen LogP contribution in [0.1, 0.15) is 52.4 Å². The first-order valence-electron chi connectivity index (χ1n) is 7.82. The smallest absolute Gasteiger partial charge is 0.246 e. The Hall–Kier alpha value is -1.84. The lowest BCUT2D eigenvalue weighted by atomic mass is 10.1. The van der Waals surface area contributed by atoms with E-state index in [9.17, 15) is 9.59 Å². The van der Waals surface area contributed by atoms with Crippen molar-refractivity contribution in [1.82, 2.24) is 5.32 Å². The third kappa shape index (κ3) is 6.93. The number of benzene rings is 1. The van der Waals surface area contributed by atoms with Gasteiger partial charge in [-0.1, -0.05) is 51.3 Å². The van der Waals surface area contributed by atoms with Crippen molar-refractivity contribution < 1.29 is 9.59 Å². The van der Waals surface area contributed by atoms with E-state index in [1.165, 1.54) is 0 Å². The predicted octanol–water partition coefficient (Wildman–Crippen LogP) is 3.49. The molecule has 0 saturated heterocycles. The van der Waals surface area contributed by atoms with Crippen LogP contribution in [-0.4, -0.2) is 17.9 Å². The van der Waals surface area contributed by atoms with Crippen molar-refractivity contribution in [2.75, 3.05) is 5.32 Å². The molecule has 0 radical (unpaired) electrons. The Morgan fingerprint density at radius 1 is 1.05 bits per heavy atom. The lowest BCUT2D eigenvalue weighted by molar-refractivity contribution is -0.126. The van der Waals surface area contributed by atoms with Gasteiger partial charge in [0.2, 0.25) is 11.8 Å². The molecule has 0 fully saturated rings. The van der Waals surface area contributed by atoms with Crippen molar-refractivity contribution in [1.29, 1.82) is 0 Å². The Labute approximate surface area is 127 Å². The highest BCUT2D eigenvalue weighted by molar-refractivity contribution is 5.97. The minimum atomic E-state index is -0.454. The van der Waals surface area contributed by atoms with Crippen molar-refractivity contribution in [3.8, 4) is 0 Å². The summed E-state index contributed by atoms with van der Waals surface area (Å²) in [7, 11) is 0. The van der Waals surface area contributed by atoms with Crippen molar-refractivity contribution >= 4 is 17.5 Å². The van der Waals surface area contributed by atoms with Gasteiger partial charge in [-0.15, -0.1) is 0 Å². The number of hydrogen-bond donors (Lipinski definition) is 2. The van der Waals surface area contributed by atoms with Crippen LogP contribution in [0.25, 0.3) is 0 Å². The largest absolute Gasteiger partial charge is 0.344 e. The van der Waals surface area contributed by atoms with E-state index in [-0.39, 0.29) is 11.8 Å². The van der Waals surface area contributed by atoms with Gasteiger partial charge in [-0.05, 0) is 25.0 Å². The van der Waals surface area contributed by atoms with Crippen LogP contribution in [0.15, 0.2) is 30.3 Å². The molecule has 4 nitrogen and oxygen atoms in total. The fourth-order valence-corrected chi connectivity index (χ4v) is 2.11. The second-order valence-corrected chi connectivity index (χ2v) is 5.22. The van der Waals surface area contributed by atoms with Gasteiger partial charge in [-0.25, -0.2) is 0 Å². The fraction of sp³-hybridized carbons (Fsp3) is 0.529. The van der Waals surface area contributed by atoms with E-state index in [1.807, 2.05) is 37.3 Å². The number of rotatable bonds is 9. The summed E-state index contributed by atoms with van der Waals surface area (Å²) in [6.45, 7) is 4.11. The van der Waals surface area contributed by atoms with Crippen LogP contribution in [0.5, 0.6) is 0 Å². The minimum Gasteiger partial charge on any atom is -0.344 e. The van der Waals surface area contributed by atoms with Gasteiger partial charge in [0.25, 0.3) is 0 Å². The maximum absolute atomic E-state index is 12.2. The molecule has 1 atom stereocenters. The Morgan fingerprint density at radius 2 is 1.76 bits per heavy atom. The van der Waals surface area contributed by atoms with E-state index in [0.717, 1.165) is 31.4 Å². The van der Waals surface area contributed by atoms with Crippen LogP contribution in [0, 0.1) is 0 Å². The Kier molecular flexibility index (Phi) is 8.17. The molecule has 0 spiro atoms. The van der Waals surface area contributed by atoms with Gasteiger partial charge in [0, 0.05) is 12.1 Å². The molecule has 2 N–H and O–H groups in total. The molecule has 0 aliphatic carbocycles. The highest BCUT2D eigenvalue weighted by Gasteiger charge is 2.19. The van der Waals surface area contributed by atoms with E-state index in [1.54, 1.807) is 0 Å². The third-order valence-electron chi connectivity index (χ3n) is 3.28. The normalized spacial score (nSPS) is 11.7. The number of para-hydroxylation sites is 1. The minimum absolute atomic E-state index is 0.0369. The molecule has 1 aromatic carbocycles. The quantitative estimate of drug-likeness (QED) is 0.684. The van der Waals surface area contributed by atoms with E-state index < -0.39 is 6.04 Å². The number of hydrogen-bond acceptors (Lipinski definition) is 2. The highest BCUT2D eigenvalue weighted by atomic mass is 16.2. The summed E-state index contributed by atoms with van der Waals surface area (Å²) in [5.41, 5.74) is 0.754. The summed E-state index contributed by atoms with van der Waals surface area (Å²) in [5.74, 6) is -0.183. The van der Waals surface area contributed by atoms with Gasteiger partial charge in [0.15, 0.2) is 0 Å². The average molecular weight is 290 g/mol. The van der Waals surface area contributed by atoms with Crippen molar-refractivity contribution in [3.63, 3.8) is 0 Å². The molecule has 0 aliphatic heterocycles. The maximum atomic E-state index is 12.2. The molecule has 21 heavy (non-hydrogen) atoms. The summed E-state index contributed by atoms with van der Waals surface area (Å²) in [4.78, 5) is 24.1. The van der Waals surface area contributed by atoms with E-state index in [0.29, 0.717) is 12.8 Å². The van der Waals surface area contributed by atoms with Crippen molar-refractivity contribution in [3.05, 3.63) is 30.3 Å². The number of anilines is 1. The second kappa shape index (κ2) is 9.97. The maximum Gasteiger partial charge on any atom is 0.246 e. The molecule has 0 bridgehead atoms. The van der Waals surface area contributed by atoms with Crippen LogP contribution in [0.2, 0.25) is 0 Å². The molecular weight excluding hydrogens is 264 g/mol. The van der Waals surface area contributed by atoms with Crippen molar-refractivity contribution in [2.45, 2.75) is 58.4 Å². The number of carbonyl (C=O) groups excluding carboxylic acids is 2. The molecule has 1 aromatic rings. The molecule has 1 unspecified atom stereocenters. The molecule has 0 aliphatic rings.